The summed E-state index contributed by atoms with van der Waals surface area (Å²) in [6.45, 7) is 1.71. The van der Waals surface area contributed by atoms with Crippen molar-refractivity contribution in [2.75, 3.05) is 27.2 Å². The number of carboxylic acids is 2. The van der Waals surface area contributed by atoms with Crippen molar-refractivity contribution in [1.82, 2.24) is 0 Å². The molecule has 16 heavy (non-hydrogen) atoms. The van der Waals surface area contributed by atoms with Crippen molar-refractivity contribution in [3.63, 3.8) is 0 Å². The van der Waals surface area contributed by atoms with Crippen LogP contribution in [0.2, 0.25) is 0 Å². The van der Waals surface area contributed by atoms with Gasteiger partial charge >= 0.3 is 11.9 Å². The van der Waals surface area contributed by atoms with Crippen molar-refractivity contribution in [3.05, 3.63) is 0 Å². The zero-order chi connectivity index (χ0) is 12.6. The number of aliphatic carboxylic acids is 2. The molecule has 0 aromatic carbocycles. The molecule has 94 valence electrons. The zero-order valence-electron chi connectivity index (χ0n) is 10.1. The maximum Gasteiger partial charge on any atom is 0.303 e. The molecule has 0 saturated heterocycles. The van der Waals surface area contributed by atoms with Gasteiger partial charge in [-0.1, -0.05) is 0 Å². The highest BCUT2D eigenvalue weighted by Gasteiger charge is 2.14. The summed E-state index contributed by atoms with van der Waals surface area (Å²) in [7, 11) is 4.09. The number of hydrogen-bond acceptors (Lipinski definition) is 2. The van der Waals surface area contributed by atoms with Gasteiger partial charge in [0.15, 0.2) is 0 Å². The molecule has 0 rings (SSSR count). The maximum atomic E-state index is 10.3. The van der Waals surface area contributed by atoms with E-state index >= 15 is 0 Å². The predicted octanol–water partition coefficient (Wildman–Crippen LogP) is 1.18. The second-order valence-electron chi connectivity index (χ2n) is 4.73. The molecular weight excluding hydrogens is 210 g/mol. The number of nitrogens with zero attached hydrogens (tertiary/aromatic N) is 1. The first-order valence-corrected chi connectivity index (χ1v) is 5.59. The fraction of sp³-hybridized carbons (Fsp3) is 0.818. The highest BCUT2D eigenvalue weighted by atomic mass is 16.4. The van der Waals surface area contributed by atoms with Crippen LogP contribution in [0.1, 0.15) is 32.1 Å². The van der Waals surface area contributed by atoms with Gasteiger partial charge in [0.05, 0.1) is 33.6 Å². The number of carbonyl (C=O) groups is 2. The summed E-state index contributed by atoms with van der Waals surface area (Å²) >= 11 is 0. The van der Waals surface area contributed by atoms with Crippen molar-refractivity contribution < 1.29 is 24.3 Å². The normalized spacial score (nSPS) is 11.4. The van der Waals surface area contributed by atoms with E-state index in [1.165, 1.54) is 0 Å². The summed E-state index contributed by atoms with van der Waals surface area (Å²) in [6, 6.07) is 0. The van der Waals surface area contributed by atoms with Gasteiger partial charge in [-0.05, 0) is 12.8 Å². The Morgan fingerprint density at radius 1 is 0.875 bits per heavy atom. The molecule has 0 aliphatic heterocycles. The number of hydrogen-bond donors (Lipinski definition) is 2. The van der Waals surface area contributed by atoms with Crippen LogP contribution in [0.5, 0.6) is 0 Å². The highest BCUT2D eigenvalue weighted by Crippen LogP contribution is 2.06. The van der Waals surface area contributed by atoms with Gasteiger partial charge in [0.1, 0.15) is 0 Å². The van der Waals surface area contributed by atoms with E-state index in [-0.39, 0.29) is 12.8 Å². The van der Waals surface area contributed by atoms with Gasteiger partial charge < -0.3 is 14.7 Å². The monoisotopic (exact) mass is 232 g/mol. The van der Waals surface area contributed by atoms with Gasteiger partial charge in [0.25, 0.3) is 0 Å². The van der Waals surface area contributed by atoms with E-state index in [9.17, 15) is 9.59 Å². The Labute approximate surface area is 96.3 Å². The van der Waals surface area contributed by atoms with Crippen molar-refractivity contribution >= 4 is 11.9 Å². The number of rotatable bonds is 9. The zero-order valence-corrected chi connectivity index (χ0v) is 10.1. The van der Waals surface area contributed by atoms with E-state index in [2.05, 4.69) is 0 Å². The summed E-state index contributed by atoms with van der Waals surface area (Å²) in [4.78, 5) is 20.6. The largest absolute Gasteiger partial charge is 0.481 e. The van der Waals surface area contributed by atoms with Crippen LogP contribution < -0.4 is 0 Å². The number of unbranched alkanes of at least 4 members (excludes halogenated alkanes) is 1. The molecule has 0 unspecified atom stereocenters. The van der Waals surface area contributed by atoms with Gasteiger partial charge in [-0.25, -0.2) is 0 Å². The Bertz CT molecular complexity index is 238. The van der Waals surface area contributed by atoms with Gasteiger partial charge in [-0.2, -0.15) is 0 Å². The van der Waals surface area contributed by atoms with Crippen LogP contribution in [-0.2, 0) is 9.59 Å². The predicted molar refractivity (Wildman–Crippen MR) is 60.2 cm³/mol. The van der Waals surface area contributed by atoms with Gasteiger partial charge in [-0.15, -0.1) is 0 Å². The lowest BCUT2D eigenvalue weighted by Gasteiger charge is -2.29. The molecule has 5 heteroatoms. The Balaban J connectivity index is 3.61. The third-order valence-corrected chi connectivity index (χ3v) is 2.56. The Morgan fingerprint density at radius 3 is 1.81 bits per heavy atom. The third kappa shape index (κ3) is 9.45. The molecule has 0 spiro atoms. The first-order valence-electron chi connectivity index (χ1n) is 5.59. The summed E-state index contributed by atoms with van der Waals surface area (Å²) in [6.07, 6.45) is 2.65. The first kappa shape index (κ1) is 14.9. The fourth-order valence-corrected chi connectivity index (χ4v) is 1.59. The summed E-state index contributed by atoms with van der Waals surface area (Å²) < 4.78 is 0.757. The Hall–Kier alpha value is -1.10. The highest BCUT2D eigenvalue weighted by molar-refractivity contribution is 5.66. The molecule has 0 heterocycles. The lowest BCUT2D eigenvalue weighted by atomic mass is 10.2. The third-order valence-electron chi connectivity index (χ3n) is 2.56. The second-order valence-corrected chi connectivity index (χ2v) is 4.73. The average molecular weight is 232 g/mol. The minimum Gasteiger partial charge on any atom is -0.481 e. The maximum absolute atomic E-state index is 10.3. The van der Waals surface area contributed by atoms with E-state index in [0.29, 0.717) is 12.8 Å². The molecule has 0 amide bonds. The molecule has 5 nitrogen and oxygen atoms in total. The van der Waals surface area contributed by atoms with Gasteiger partial charge in [-0.3, -0.25) is 9.59 Å². The lowest BCUT2D eigenvalue weighted by molar-refractivity contribution is -0.890. The Morgan fingerprint density at radius 2 is 1.31 bits per heavy atom. The number of quaternary nitrogens is 1. The van der Waals surface area contributed by atoms with E-state index in [4.69, 9.17) is 10.2 Å². The van der Waals surface area contributed by atoms with Crippen molar-refractivity contribution in [2.24, 2.45) is 0 Å². The van der Waals surface area contributed by atoms with Gasteiger partial charge in [0.2, 0.25) is 0 Å². The van der Waals surface area contributed by atoms with E-state index in [0.717, 1.165) is 24.0 Å². The molecule has 0 atom stereocenters. The summed E-state index contributed by atoms with van der Waals surface area (Å²) in [5.41, 5.74) is 0. The minimum absolute atomic E-state index is 0.205. The molecular formula is C11H22NO4+. The van der Waals surface area contributed by atoms with Crippen LogP contribution in [0.15, 0.2) is 0 Å². The van der Waals surface area contributed by atoms with Gasteiger partial charge in [0, 0.05) is 12.8 Å². The summed E-state index contributed by atoms with van der Waals surface area (Å²) in [5, 5.41) is 17.0. The van der Waals surface area contributed by atoms with Crippen molar-refractivity contribution in [1.29, 1.82) is 0 Å². The SMILES string of the molecule is C[N+](C)(CCCCC(=O)O)CCCC(=O)O. The Kier molecular flexibility index (Phi) is 6.72. The quantitative estimate of drug-likeness (QED) is 0.462. The van der Waals surface area contributed by atoms with E-state index in [1.807, 2.05) is 14.1 Å². The average Bonchev–Trinajstić information content (AvgIpc) is 2.11. The van der Waals surface area contributed by atoms with Crippen LogP contribution in [0.3, 0.4) is 0 Å². The van der Waals surface area contributed by atoms with E-state index in [1.54, 1.807) is 0 Å². The molecule has 0 aliphatic rings. The first-order chi connectivity index (χ1) is 7.33. The van der Waals surface area contributed by atoms with Crippen molar-refractivity contribution in [2.45, 2.75) is 32.1 Å². The smallest absolute Gasteiger partial charge is 0.303 e. The van der Waals surface area contributed by atoms with Crippen LogP contribution >= 0.6 is 0 Å². The molecule has 0 bridgehead atoms. The molecule has 0 aromatic rings. The molecule has 0 fully saturated rings. The van der Waals surface area contributed by atoms with E-state index < -0.39 is 11.9 Å². The molecule has 0 aliphatic carbocycles. The van der Waals surface area contributed by atoms with Crippen LogP contribution in [0.25, 0.3) is 0 Å². The molecule has 2 N–H and O–H groups in total. The fourth-order valence-electron chi connectivity index (χ4n) is 1.59. The topological polar surface area (TPSA) is 74.6 Å². The minimum atomic E-state index is -0.758. The number of carboxylic acid groups (broad SMARTS) is 2. The molecule has 0 aromatic heterocycles. The standard InChI is InChI=1S/C11H21NO4/c1-12(2,9-5-7-11(15)16)8-4-3-6-10(13)14/h3-9H2,1-2H3,(H-,13,14,15,16)/p+1. The van der Waals surface area contributed by atoms with Crippen LogP contribution in [-0.4, -0.2) is 53.8 Å². The summed E-state index contributed by atoms with van der Waals surface area (Å²) in [5.74, 6) is -1.51. The molecule has 0 saturated carbocycles. The lowest BCUT2D eigenvalue weighted by Crippen LogP contribution is -2.41. The van der Waals surface area contributed by atoms with Crippen LogP contribution in [0, 0.1) is 0 Å². The van der Waals surface area contributed by atoms with Crippen molar-refractivity contribution in [3.8, 4) is 0 Å². The van der Waals surface area contributed by atoms with Crippen LogP contribution in [0.4, 0.5) is 0 Å². The second kappa shape index (κ2) is 7.22. The molecule has 0 radical (unpaired) electrons.